The van der Waals surface area contributed by atoms with Gasteiger partial charge in [-0.25, -0.2) is 8.78 Å². The van der Waals surface area contributed by atoms with Crippen LogP contribution in [0, 0.1) is 11.6 Å². The highest BCUT2D eigenvalue weighted by Gasteiger charge is 2.48. The van der Waals surface area contributed by atoms with Crippen LogP contribution in [0.15, 0.2) is 70.8 Å². The first-order chi connectivity index (χ1) is 15.3. The van der Waals surface area contributed by atoms with Crippen molar-refractivity contribution < 1.29 is 28.2 Å². The lowest BCUT2D eigenvalue weighted by molar-refractivity contribution is -0.132. The summed E-state index contributed by atoms with van der Waals surface area (Å²) in [6, 6.07) is 10.9. The number of ketones is 1. The van der Waals surface area contributed by atoms with Crippen LogP contribution < -0.4 is 9.64 Å². The SMILES string of the molecule is COc1ccc(/C(O)=C2\C(=O)C(=O)N(c3ccc(F)cc3F)C2c2ccccn2)cc1Br. The van der Waals surface area contributed by atoms with Crippen molar-refractivity contribution in [2.45, 2.75) is 6.04 Å². The summed E-state index contributed by atoms with van der Waals surface area (Å²) >= 11 is 3.32. The number of aliphatic hydroxyl groups excluding tert-OH is 1. The van der Waals surface area contributed by atoms with E-state index in [1.807, 2.05) is 0 Å². The molecule has 1 aromatic heterocycles. The van der Waals surface area contributed by atoms with Crippen LogP contribution in [0.25, 0.3) is 5.76 Å². The van der Waals surface area contributed by atoms with Crippen LogP contribution in [0.2, 0.25) is 0 Å². The second-order valence-corrected chi connectivity index (χ2v) is 7.72. The van der Waals surface area contributed by atoms with Gasteiger partial charge in [0.15, 0.2) is 0 Å². The van der Waals surface area contributed by atoms with E-state index in [9.17, 15) is 23.5 Å². The molecule has 0 aliphatic carbocycles. The van der Waals surface area contributed by atoms with E-state index in [2.05, 4.69) is 20.9 Å². The number of hydrogen-bond acceptors (Lipinski definition) is 5. The molecule has 3 aromatic rings. The average molecular weight is 501 g/mol. The maximum atomic E-state index is 14.6. The van der Waals surface area contributed by atoms with Gasteiger partial charge >= 0.3 is 0 Å². The second kappa shape index (κ2) is 8.51. The number of halogens is 3. The van der Waals surface area contributed by atoms with Crippen molar-refractivity contribution in [3.63, 3.8) is 0 Å². The van der Waals surface area contributed by atoms with Crippen molar-refractivity contribution in [3.05, 3.63) is 93.7 Å². The summed E-state index contributed by atoms with van der Waals surface area (Å²) in [5, 5.41) is 11.0. The number of carbonyl (C=O) groups excluding carboxylic acids is 2. The summed E-state index contributed by atoms with van der Waals surface area (Å²) in [4.78, 5) is 31.0. The van der Waals surface area contributed by atoms with Gasteiger partial charge in [-0.3, -0.25) is 19.5 Å². The summed E-state index contributed by atoms with van der Waals surface area (Å²) in [7, 11) is 1.48. The van der Waals surface area contributed by atoms with Crippen molar-refractivity contribution in [1.29, 1.82) is 0 Å². The van der Waals surface area contributed by atoms with Crippen molar-refractivity contribution in [2.75, 3.05) is 12.0 Å². The number of pyridine rings is 1. The molecule has 4 rings (SSSR count). The molecule has 1 fully saturated rings. The zero-order chi connectivity index (χ0) is 23.0. The van der Waals surface area contributed by atoms with E-state index < -0.39 is 35.1 Å². The summed E-state index contributed by atoms with van der Waals surface area (Å²) in [5.74, 6) is -3.92. The first kappa shape index (κ1) is 21.6. The molecule has 6 nitrogen and oxygen atoms in total. The number of methoxy groups -OCH3 is 1. The van der Waals surface area contributed by atoms with E-state index >= 15 is 0 Å². The number of carbonyl (C=O) groups is 2. The normalized spacial score (nSPS) is 17.6. The molecule has 32 heavy (non-hydrogen) atoms. The minimum Gasteiger partial charge on any atom is -0.507 e. The fourth-order valence-corrected chi connectivity index (χ4v) is 4.09. The molecule has 2 heterocycles. The fraction of sp³-hybridized carbons (Fsp3) is 0.0870. The van der Waals surface area contributed by atoms with Gasteiger partial charge < -0.3 is 9.84 Å². The van der Waals surface area contributed by atoms with Gasteiger partial charge in [0.2, 0.25) is 0 Å². The van der Waals surface area contributed by atoms with E-state index in [-0.39, 0.29) is 22.5 Å². The van der Waals surface area contributed by atoms with Gasteiger partial charge in [-0.2, -0.15) is 0 Å². The molecule has 162 valence electrons. The number of anilines is 1. The van der Waals surface area contributed by atoms with Crippen LogP contribution in [0.4, 0.5) is 14.5 Å². The van der Waals surface area contributed by atoms with Crippen molar-refractivity contribution in [2.24, 2.45) is 0 Å². The van der Waals surface area contributed by atoms with Crippen LogP contribution in [0.5, 0.6) is 5.75 Å². The first-order valence-corrected chi connectivity index (χ1v) is 10.1. The molecule has 0 bridgehead atoms. The number of rotatable bonds is 4. The smallest absolute Gasteiger partial charge is 0.300 e. The molecule has 2 aromatic carbocycles. The second-order valence-electron chi connectivity index (χ2n) is 6.87. The quantitative estimate of drug-likeness (QED) is 0.317. The number of aliphatic hydroxyl groups is 1. The minimum absolute atomic E-state index is 0.226. The van der Waals surface area contributed by atoms with Gasteiger partial charge in [0.25, 0.3) is 11.7 Å². The summed E-state index contributed by atoms with van der Waals surface area (Å²) in [6.45, 7) is 0. The summed E-state index contributed by atoms with van der Waals surface area (Å²) in [5.41, 5.74) is -0.116. The Morgan fingerprint density at radius 3 is 2.53 bits per heavy atom. The van der Waals surface area contributed by atoms with Crippen LogP contribution >= 0.6 is 15.9 Å². The number of ether oxygens (including phenoxy) is 1. The van der Waals surface area contributed by atoms with Gasteiger partial charge in [0.05, 0.1) is 28.5 Å². The van der Waals surface area contributed by atoms with Crippen molar-refractivity contribution in [3.8, 4) is 5.75 Å². The fourth-order valence-electron chi connectivity index (χ4n) is 3.54. The lowest BCUT2D eigenvalue weighted by atomic mass is 9.98. The van der Waals surface area contributed by atoms with Gasteiger partial charge in [-0.1, -0.05) is 6.07 Å². The molecule has 1 atom stereocenters. The number of nitrogens with zero attached hydrogens (tertiary/aromatic N) is 2. The molecule has 1 aliphatic rings. The molecule has 0 radical (unpaired) electrons. The van der Waals surface area contributed by atoms with Gasteiger partial charge in [0, 0.05) is 17.8 Å². The topological polar surface area (TPSA) is 79.7 Å². The number of aromatic nitrogens is 1. The monoisotopic (exact) mass is 500 g/mol. The van der Waals surface area contributed by atoms with Gasteiger partial charge in [-0.15, -0.1) is 0 Å². The maximum Gasteiger partial charge on any atom is 0.300 e. The number of amides is 1. The zero-order valence-corrected chi connectivity index (χ0v) is 18.1. The predicted octanol–water partition coefficient (Wildman–Crippen LogP) is 4.76. The van der Waals surface area contributed by atoms with Crippen LogP contribution in [0.1, 0.15) is 17.3 Å². The Balaban J connectivity index is 1.95. The van der Waals surface area contributed by atoms with E-state index in [0.29, 0.717) is 16.3 Å². The maximum absolute atomic E-state index is 14.6. The van der Waals surface area contributed by atoms with E-state index in [1.165, 1.54) is 25.4 Å². The zero-order valence-electron chi connectivity index (χ0n) is 16.6. The number of benzene rings is 2. The average Bonchev–Trinajstić information content (AvgIpc) is 3.04. The molecule has 1 aliphatic heterocycles. The lowest BCUT2D eigenvalue weighted by Gasteiger charge is -2.25. The Bertz CT molecular complexity index is 1260. The Morgan fingerprint density at radius 2 is 1.91 bits per heavy atom. The summed E-state index contributed by atoms with van der Waals surface area (Å²) in [6.07, 6.45) is 1.44. The molecule has 1 amide bonds. The summed E-state index contributed by atoms with van der Waals surface area (Å²) < 4.78 is 33.8. The van der Waals surface area contributed by atoms with Gasteiger partial charge in [0.1, 0.15) is 29.2 Å². The molecule has 0 spiro atoms. The van der Waals surface area contributed by atoms with E-state index in [4.69, 9.17) is 4.74 Å². The molecule has 0 saturated carbocycles. The largest absolute Gasteiger partial charge is 0.507 e. The van der Waals surface area contributed by atoms with E-state index in [0.717, 1.165) is 17.0 Å². The van der Waals surface area contributed by atoms with E-state index in [1.54, 1.807) is 24.3 Å². The highest BCUT2D eigenvalue weighted by Crippen LogP contribution is 2.42. The minimum atomic E-state index is -1.22. The van der Waals surface area contributed by atoms with Crippen molar-refractivity contribution >= 4 is 39.1 Å². The standard InChI is InChI=1S/C23H15BrF2N2O4/c1-32-18-8-5-12(10-14(18)24)21(29)19-20(16-4-2-3-9-27-16)28(23(31)22(19)30)17-7-6-13(25)11-15(17)26/h2-11,20,29H,1H3/b21-19+. The lowest BCUT2D eigenvalue weighted by Crippen LogP contribution is -2.30. The molecular weight excluding hydrogens is 486 g/mol. The highest BCUT2D eigenvalue weighted by molar-refractivity contribution is 9.10. The molecule has 1 N–H and O–H groups in total. The predicted molar refractivity (Wildman–Crippen MR) is 116 cm³/mol. The van der Waals surface area contributed by atoms with Crippen LogP contribution in [-0.4, -0.2) is 28.9 Å². The number of hydrogen-bond donors (Lipinski definition) is 1. The molecular formula is C23H15BrF2N2O4. The molecule has 1 saturated heterocycles. The van der Waals surface area contributed by atoms with Crippen molar-refractivity contribution in [1.82, 2.24) is 4.98 Å². The third-order valence-corrected chi connectivity index (χ3v) is 5.63. The third-order valence-electron chi connectivity index (χ3n) is 5.01. The Labute approximate surface area is 189 Å². The highest BCUT2D eigenvalue weighted by atomic mass is 79.9. The molecule has 9 heteroatoms. The van der Waals surface area contributed by atoms with Crippen LogP contribution in [0.3, 0.4) is 0 Å². The third kappa shape index (κ3) is 3.64. The Hall–Kier alpha value is -3.59. The van der Waals surface area contributed by atoms with Crippen LogP contribution in [-0.2, 0) is 9.59 Å². The first-order valence-electron chi connectivity index (χ1n) is 9.34. The molecule has 1 unspecified atom stereocenters. The van der Waals surface area contributed by atoms with Gasteiger partial charge in [-0.05, 0) is 58.4 Å². The number of Topliss-reactive ketones (excluding diaryl/α,β-unsaturated/α-hetero) is 1. The Morgan fingerprint density at radius 1 is 1.12 bits per heavy atom. The Kier molecular flexibility index (Phi) is 5.75.